The summed E-state index contributed by atoms with van der Waals surface area (Å²) in [5.41, 5.74) is 8.07. The number of likely N-dealkylation sites (tertiary alicyclic amines) is 1. The highest BCUT2D eigenvalue weighted by Gasteiger charge is 2.17. The minimum Gasteiger partial charge on any atom is -0.492 e. The molecule has 3 N–H and O–H groups in total. The van der Waals surface area contributed by atoms with E-state index >= 15 is 0 Å². The van der Waals surface area contributed by atoms with Crippen molar-refractivity contribution in [2.75, 3.05) is 31.6 Å². The van der Waals surface area contributed by atoms with Crippen LogP contribution in [0.4, 0.5) is 5.69 Å². The molecule has 1 amide bonds. The van der Waals surface area contributed by atoms with E-state index < -0.39 is 0 Å². The predicted octanol–water partition coefficient (Wildman–Crippen LogP) is 2.00. The lowest BCUT2D eigenvalue weighted by molar-refractivity contribution is -0.116. The first kappa shape index (κ1) is 16.6. The van der Waals surface area contributed by atoms with Gasteiger partial charge >= 0.3 is 0 Å². The first-order valence-electron chi connectivity index (χ1n) is 8.72. The van der Waals surface area contributed by atoms with Crippen molar-refractivity contribution in [2.45, 2.75) is 32.6 Å². The standard InChI is InChI=1S/C18H26N4O2/c1-13-6-9-22(10-7-13)18(19)20-8-11-24-15-3-4-16-14(12-15)2-5-17(23)21-16/h3-4,12-13H,2,5-11H2,1H3,(H2,19,20)(H,21,23). The Kier molecular flexibility index (Phi) is 5.23. The van der Waals surface area contributed by atoms with Gasteiger partial charge in [0.05, 0.1) is 6.54 Å². The average Bonchev–Trinajstić information content (AvgIpc) is 2.59. The molecule has 24 heavy (non-hydrogen) atoms. The van der Waals surface area contributed by atoms with Gasteiger partial charge in [0.2, 0.25) is 5.91 Å². The van der Waals surface area contributed by atoms with Gasteiger partial charge in [-0.05, 0) is 48.9 Å². The van der Waals surface area contributed by atoms with E-state index in [0.29, 0.717) is 25.5 Å². The summed E-state index contributed by atoms with van der Waals surface area (Å²) in [6.45, 7) is 5.31. The number of nitrogens with one attached hydrogen (secondary N) is 1. The fraction of sp³-hybridized carbons (Fsp3) is 0.556. The van der Waals surface area contributed by atoms with Crippen LogP contribution in [0.25, 0.3) is 0 Å². The Labute approximate surface area is 143 Å². The van der Waals surface area contributed by atoms with Crippen LogP contribution in [0.15, 0.2) is 23.2 Å². The molecule has 1 aromatic rings. The number of aliphatic imine (C=N–C) groups is 1. The molecule has 2 aliphatic rings. The highest BCUT2D eigenvalue weighted by Crippen LogP contribution is 2.26. The molecule has 6 nitrogen and oxygen atoms in total. The van der Waals surface area contributed by atoms with Crippen LogP contribution < -0.4 is 15.8 Å². The molecule has 2 aliphatic heterocycles. The number of piperidine rings is 1. The lowest BCUT2D eigenvalue weighted by Crippen LogP contribution is -2.42. The van der Waals surface area contributed by atoms with Crippen LogP contribution in [0.2, 0.25) is 0 Å². The van der Waals surface area contributed by atoms with Crippen LogP contribution in [0.3, 0.4) is 0 Å². The first-order chi connectivity index (χ1) is 11.6. The molecule has 0 radical (unpaired) electrons. The molecule has 2 heterocycles. The van der Waals surface area contributed by atoms with Gasteiger partial charge in [-0.3, -0.25) is 4.79 Å². The second kappa shape index (κ2) is 7.55. The summed E-state index contributed by atoms with van der Waals surface area (Å²) in [7, 11) is 0. The molecular weight excluding hydrogens is 304 g/mol. The van der Waals surface area contributed by atoms with Crippen molar-refractivity contribution < 1.29 is 9.53 Å². The molecule has 3 rings (SSSR count). The Morgan fingerprint density at radius 2 is 2.17 bits per heavy atom. The number of nitrogens with zero attached hydrogens (tertiary/aromatic N) is 2. The molecule has 6 heteroatoms. The highest BCUT2D eigenvalue weighted by molar-refractivity contribution is 5.94. The van der Waals surface area contributed by atoms with Crippen molar-refractivity contribution in [3.63, 3.8) is 0 Å². The second-order valence-electron chi connectivity index (χ2n) is 6.63. The molecule has 1 aromatic carbocycles. The number of rotatable bonds is 4. The third-order valence-electron chi connectivity index (χ3n) is 4.71. The van der Waals surface area contributed by atoms with Crippen LogP contribution in [0.1, 0.15) is 31.7 Å². The zero-order valence-electron chi connectivity index (χ0n) is 14.3. The molecule has 0 spiro atoms. The number of ether oxygens (including phenoxy) is 1. The molecule has 130 valence electrons. The number of fused-ring (bicyclic) bond motifs is 1. The van der Waals surface area contributed by atoms with Gasteiger partial charge in [-0.2, -0.15) is 0 Å². The monoisotopic (exact) mass is 330 g/mol. The van der Waals surface area contributed by atoms with Crippen LogP contribution in [0.5, 0.6) is 5.75 Å². The summed E-state index contributed by atoms with van der Waals surface area (Å²) >= 11 is 0. The highest BCUT2D eigenvalue weighted by atomic mass is 16.5. The van der Waals surface area contributed by atoms with Gasteiger partial charge in [-0.25, -0.2) is 4.99 Å². The molecular formula is C18H26N4O2. The number of aryl methyl sites for hydroxylation is 1. The van der Waals surface area contributed by atoms with Crippen molar-refractivity contribution in [3.8, 4) is 5.75 Å². The number of guanidine groups is 1. The molecule has 0 aromatic heterocycles. The number of hydrogen-bond acceptors (Lipinski definition) is 3. The van der Waals surface area contributed by atoms with Gasteiger partial charge in [0, 0.05) is 25.2 Å². The lowest BCUT2D eigenvalue weighted by atomic mass is 10.00. The second-order valence-corrected chi connectivity index (χ2v) is 6.63. The number of amides is 1. The van der Waals surface area contributed by atoms with E-state index in [2.05, 4.69) is 22.1 Å². The number of hydrogen-bond donors (Lipinski definition) is 2. The van der Waals surface area contributed by atoms with Crippen molar-refractivity contribution in [3.05, 3.63) is 23.8 Å². The van der Waals surface area contributed by atoms with Gasteiger partial charge in [0.25, 0.3) is 0 Å². The van der Waals surface area contributed by atoms with Gasteiger partial charge in [0.1, 0.15) is 12.4 Å². The number of carbonyl (C=O) groups is 1. The third-order valence-corrected chi connectivity index (χ3v) is 4.71. The van der Waals surface area contributed by atoms with E-state index in [1.54, 1.807) is 0 Å². The zero-order chi connectivity index (χ0) is 16.9. The number of anilines is 1. The maximum Gasteiger partial charge on any atom is 0.224 e. The Morgan fingerprint density at radius 1 is 1.38 bits per heavy atom. The minimum absolute atomic E-state index is 0.0769. The van der Waals surface area contributed by atoms with Crippen LogP contribution in [-0.2, 0) is 11.2 Å². The summed E-state index contributed by atoms with van der Waals surface area (Å²) in [5.74, 6) is 2.29. The maximum atomic E-state index is 11.4. The minimum atomic E-state index is 0.0769. The molecule has 0 bridgehead atoms. The fourth-order valence-electron chi connectivity index (χ4n) is 3.11. The predicted molar refractivity (Wildman–Crippen MR) is 95.3 cm³/mol. The topological polar surface area (TPSA) is 79.9 Å². The molecule has 0 aliphatic carbocycles. The van der Waals surface area contributed by atoms with E-state index in [0.717, 1.165) is 42.4 Å². The van der Waals surface area contributed by atoms with Crippen molar-refractivity contribution >= 4 is 17.6 Å². The van der Waals surface area contributed by atoms with E-state index in [4.69, 9.17) is 10.5 Å². The molecule has 1 saturated heterocycles. The Balaban J connectivity index is 1.46. The Bertz CT molecular complexity index is 621. The number of benzene rings is 1. The maximum absolute atomic E-state index is 11.4. The van der Waals surface area contributed by atoms with Crippen LogP contribution >= 0.6 is 0 Å². The Morgan fingerprint density at radius 3 is 2.96 bits per heavy atom. The van der Waals surface area contributed by atoms with E-state index in [1.165, 1.54) is 12.8 Å². The van der Waals surface area contributed by atoms with Crippen molar-refractivity contribution in [2.24, 2.45) is 16.6 Å². The lowest BCUT2D eigenvalue weighted by Gasteiger charge is -2.31. The quantitative estimate of drug-likeness (QED) is 0.503. The molecule has 1 fully saturated rings. The largest absolute Gasteiger partial charge is 0.492 e. The van der Waals surface area contributed by atoms with E-state index in [9.17, 15) is 4.79 Å². The van der Waals surface area contributed by atoms with Gasteiger partial charge < -0.3 is 20.7 Å². The summed E-state index contributed by atoms with van der Waals surface area (Å²) in [4.78, 5) is 17.9. The Hall–Kier alpha value is -2.24. The van der Waals surface area contributed by atoms with Gasteiger partial charge in [-0.15, -0.1) is 0 Å². The van der Waals surface area contributed by atoms with Crippen molar-refractivity contribution in [1.82, 2.24) is 4.90 Å². The number of carbonyl (C=O) groups excluding carboxylic acids is 1. The average molecular weight is 330 g/mol. The fourth-order valence-corrected chi connectivity index (χ4v) is 3.11. The smallest absolute Gasteiger partial charge is 0.224 e. The van der Waals surface area contributed by atoms with Gasteiger partial charge in [-0.1, -0.05) is 6.92 Å². The van der Waals surface area contributed by atoms with Crippen LogP contribution in [-0.4, -0.2) is 43.0 Å². The summed E-state index contributed by atoms with van der Waals surface area (Å²) in [6, 6.07) is 5.77. The van der Waals surface area contributed by atoms with Crippen LogP contribution in [0, 0.1) is 5.92 Å². The SMILES string of the molecule is CC1CCN(C(N)=NCCOc2ccc3c(c2)CCC(=O)N3)CC1. The normalized spacial score (nSPS) is 19.0. The third kappa shape index (κ3) is 4.19. The molecule has 0 saturated carbocycles. The van der Waals surface area contributed by atoms with Gasteiger partial charge in [0.15, 0.2) is 5.96 Å². The molecule has 0 atom stereocenters. The van der Waals surface area contributed by atoms with E-state index in [1.807, 2.05) is 18.2 Å². The summed E-state index contributed by atoms with van der Waals surface area (Å²) in [6.07, 6.45) is 3.65. The van der Waals surface area contributed by atoms with Crippen molar-refractivity contribution in [1.29, 1.82) is 0 Å². The number of nitrogens with two attached hydrogens (primary N) is 1. The zero-order valence-corrected chi connectivity index (χ0v) is 14.3. The first-order valence-corrected chi connectivity index (χ1v) is 8.72. The van der Waals surface area contributed by atoms with E-state index in [-0.39, 0.29) is 5.91 Å². The molecule has 0 unspecified atom stereocenters. The summed E-state index contributed by atoms with van der Waals surface area (Å²) in [5, 5.41) is 2.87. The summed E-state index contributed by atoms with van der Waals surface area (Å²) < 4.78 is 5.76.